The molecule has 0 aliphatic heterocycles. The van der Waals surface area contributed by atoms with E-state index in [1.165, 1.54) is 30.4 Å². The number of H-pyrrole nitrogens is 1. The van der Waals surface area contributed by atoms with Gasteiger partial charge in [-0.3, -0.25) is 9.89 Å². The van der Waals surface area contributed by atoms with Gasteiger partial charge in [-0.05, 0) is 48.8 Å². The van der Waals surface area contributed by atoms with Gasteiger partial charge in [-0.15, -0.1) is 0 Å². The third-order valence-corrected chi connectivity index (χ3v) is 4.14. The number of rotatable bonds is 4. The zero-order valence-corrected chi connectivity index (χ0v) is 12.4. The molecule has 0 atom stereocenters. The van der Waals surface area contributed by atoms with Gasteiger partial charge in [0.05, 0.1) is 12.6 Å². The summed E-state index contributed by atoms with van der Waals surface area (Å²) in [6.45, 7) is 2.05. The van der Waals surface area contributed by atoms with E-state index in [-0.39, 0.29) is 5.91 Å². The standard InChI is InChI=1S/C17H21N3O/c1-2-13-11-18-20-17(13)19-16(21)10-12-7-8-14-5-3-4-6-15(14)9-12/h7-9,11H,2-6,10H2,1H3,(H2,18,19,20,21). The first-order valence-corrected chi connectivity index (χ1v) is 7.69. The fourth-order valence-electron chi connectivity index (χ4n) is 2.95. The van der Waals surface area contributed by atoms with Crippen molar-refractivity contribution in [1.29, 1.82) is 0 Å². The summed E-state index contributed by atoms with van der Waals surface area (Å²) in [6, 6.07) is 6.46. The van der Waals surface area contributed by atoms with E-state index in [1.807, 2.05) is 6.92 Å². The zero-order chi connectivity index (χ0) is 14.7. The third-order valence-electron chi connectivity index (χ3n) is 4.14. The molecule has 1 heterocycles. The van der Waals surface area contributed by atoms with Crippen LogP contribution >= 0.6 is 0 Å². The number of hydrogen-bond acceptors (Lipinski definition) is 2. The smallest absolute Gasteiger partial charge is 0.229 e. The van der Waals surface area contributed by atoms with E-state index in [4.69, 9.17) is 0 Å². The van der Waals surface area contributed by atoms with E-state index in [2.05, 4.69) is 33.7 Å². The molecular formula is C17H21N3O. The minimum atomic E-state index is 0.00436. The van der Waals surface area contributed by atoms with Crippen LogP contribution in [0.4, 0.5) is 5.82 Å². The fourth-order valence-corrected chi connectivity index (χ4v) is 2.95. The molecule has 0 unspecified atom stereocenters. The van der Waals surface area contributed by atoms with Crippen molar-refractivity contribution in [3.05, 3.63) is 46.6 Å². The molecule has 2 aromatic rings. The number of amides is 1. The summed E-state index contributed by atoms with van der Waals surface area (Å²) in [5.74, 6) is 0.727. The first-order valence-electron chi connectivity index (χ1n) is 7.69. The number of carbonyl (C=O) groups is 1. The Morgan fingerprint density at radius 3 is 2.90 bits per heavy atom. The SMILES string of the molecule is CCc1cn[nH]c1NC(=O)Cc1ccc2c(c1)CCCC2. The summed E-state index contributed by atoms with van der Waals surface area (Å²) in [5, 5.41) is 9.73. The molecule has 2 N–H and O–H groups in total. The molecule has 0 radical (unpaired) electrons. The number of anilines is 1. The van der Waals surface area contributed by atoms with Crippen LogP contribution in [0.5, 0.6) is 0 Å². The maximum absolute atomic E-state index is 12.2. The van der Waals surface area contributed by atoms with Crippen LogP contribution in [0.1, 0.15) is 42.0 Å². The number of carbonyl (C=O) groups excluding carboxylic acids is 1. The lowest BCUT2D eigenvalue weighted by atomic mass is 9.90. The topological polar surface area (TPSA) is 57.8 Å². The van der Waals surface area contributed by atoms with Gasteiger partial charge in [0.15, 0.2) is 0 Å². The number of nitrogens with one attached hydrogen (secondary N) is 2. The van der Waals surface area contributed by atoms with Crippen molar-refractivity contribution in [2.45, 2.75) is 45.4 Å². The van der Waals surface area contributed by atoms with Crippen LogP contribution in [0.2, 0.25) is 0 Å². The number of aryl methyl sites for hydroxylation is 3. The predicted octanol–water partition coefficient (Wildman–Crippen LogP) is 3.03. The molecule has 0 saturated heterocycles. The quantitative estimate of drug-likeness (QED) is 0.906. The normalized spacial score (nSPS) is 13.8. The zero-order valence-electron chi connectivity index (χ0n) is 12.4. The van der Waals surface area contributed by atoms with Crippen molar-refractivity contribution < 1.29 is 4.79 Å². The fraction of sp³-hybridized carbons (Fsp3) is 0.412. The van der Waals surface area contributed by atoms with Gasteiger partial charge in [-0.2, -0.15) is 5.10 Å². The Bertz CT molecular complexity index is 645. The highest BCUT2D eigenvalue weighted by molar-refractivity contribution is 5.92. The van der Waals surface area contributed by atoms with Crippen molar-refractivity contribution >= 4 is 11.7 Å². The summed E-state index contributed by atoms with van der Waals surface area (Å²) < 4.78 is 0. The molecule has 3 rings (SSSR count). The maximum Gasteiger partial charge on any atom is 0.229 e. The van der Waals surface area contributed by atoms with Gasteiger partial charge in [-0.25, -0.2) is 0 Å². The van der Waals surface area contributed by atoms with E-state index in [9.17, 15) is 4.79 Å². The number of aromatic amines is 1. The van der Waals surface area contributed by atoms with Gasteiger partial charge >= 0.3 is 0 Å². The second kappa shape index (κ2) is 6.12. The Labute approximate surface area is 125 Å². The molecule has 110 valence electrons. The highest BCUT2D eigenvalue weighted by Gasteiger charge is 2.12. The van der Waals surface area contributed by atoms with Crippen molar-refractivity contribution in [3.63, 3.8) is 0 Å². The van der Waals surface area contributed by atoms with Crippen LogP contribution in [-0.4, -0.2) is 16.1 Å². The number of fused-ring (bicyclic) bond motifs is 1. The maximum atomic E-state index is 12.2. The van der Waals surface area contributed by atoms with Gasteiger partial charge < -0.3 is 5.32 Å². The summed E-state index contributed by atoms with van der Waals surface area (Å²) in [7, 11) is 0. The highest BCUT2D eigenvalue weighted by Crippen LogP contribution is 2.22. The molecule has 21 heavy (non-hydrogen) atoms. The number of nitrogens with zero attached hydrogens (tertiary/aromatic N) is 1. The average Bonchev–Trinajstić information content (AvgIpc) is 2.94. The van der Waals surface area contributed by atoms with Crippen LogP contribution in [0, 0.1) is 0 Å². The Kier molecular flexibility index (Phi) is 4.04. The average molecular weight is 283 g/mol. The van der Waals surface area contributed by atoms with Crippen LogP contribution in [0.3, 0.4) is 0 Å². The molecule has 1 aliphatic carbocycles. The molecule has 0 fully saturated rings. The van der Waals surface area contributed by atoms with Crippen LogP contribution < -0.4 is 5.32 Å². The minimum Gasteiger partial charge on any atom is -0.311 e. The second-order valence-electron chi connectivity index (χ2n) is 5.66. The molecule has 4 nitrogen and oxygen atoms in total. The summed E-state index contributed by atoms with van der Waals surface area (Å²) in [6.07, 6.45) is 7.89. The second-order valence-corrected chi connectivity index (χ2v) is 5.66. The minimum absolute atomic E-state index is 0.00436. The summed E-state index contributed by atoms with van der Waals surface area (Å²) in [4.78, 5) is 12.2. The summed E-state index contributed by atoms with van der Waals surface area (Å²) in [5.41, 5.74) is 4.99. The molecule has 1 aromatic heterocycles. The van der Waals surface area contributed by atoms with Crippen molar-refractivity contribution in [2.75, 3.05) is 5.32 Å². The third kappa shape index (κ3) is 3.15. The first-order chi connectivity index (χ1) is 10.3. The summed E-state index contributed by atoms with van der Waals surface area (Å²) >= 11 is 0. The van der Waals surface area contributed by atoms with Gasteiger partial charge in [0.1, 0.15) is 5.82 Å². The van der Waals surface area contributed by atoms with Crippen LogP contribution in [0.15, 0.2) is 24.4 Å². The van der Waals surface area contributed by atoms with E-state index in [0.29, 0.717) is 6.42 Å². The largest absolute Gasteiger partial charge is 0.311 e. The number of hydrogen-bond donors (Lipinski definition) is 2. The lowest BCUT2D eigenvalue weighted by Gasteiger charge is -2.16. The van der Waals surface area contributed by atoms with Crippen molar-refractivity contribution in [3.8, 4) is 0 Å². The van der Waals surface area contributed by atoms with Crippen molar-refractivity contribution in [2.24, 2.45) is 0 Å². The number of benzene rings is 1. The lowest BCUT2D eigenvalue weighted by Crippen LogP contribution is -2.16. The Hall–Kier alpha value is -2.10. The van der Waals surface area contributed by atoms with E-state index in [1.54, 1.807) is 6.20 Å². The van der Waals surface area contributed by atoms with Gasteiger partial charge in [0, 0.05) is 5.56 Å². The van der Waals surface area contributed by atoms with Crippen LogP contribution in [0.25, 0.3) is 0 Å². The van der Waals surface area contributed by atoms with Gasteiger partial charge in [-0.1, -0.05) is 25.1 Å². The molecule has 1 aromatic carbocycles. The highest BCUT2D eigenvalue weighted by atomic mass is 16.1. The molecule has 4 heteroatoms. The molecule has 0 saturated carbocycles. The Balaban J connectivity index is 1.67. The molecular weight excluding hydrogens is 262 g/mol. The van der Waals surface area contributed by atoms with E-state index >= 15 is 0 Å². The first kappa shape index (κ1) is 13.9. The predicted molar refractivity (Wildman–Crippen MR) is 83.4 cm³/mol. The monoisotopic (exact) mass is 283 g/mol. The lowest BCUT2D eigenvalue weighted by molar-refractivity contribution is -0.115. The molecule has 0 spiro atoms. The molecule has 1 amide bonds. The van der Waals surface area contributed by atoms with Gasteiger partial charge in [0.2, 0.25) is 5.91 Å². The Morgan fingerprint density at radius 2 is 2.10 bits per heavy atom. The van der Waals surface area contributed by atoms with Crippen molar-refractivity contribution in [1.82, 2.24) is 10.2 Å². The van der Waals surface area contributed by atoms with E-state index < -0.39 is 0 Å². The Morgan fingerprint density at radius 1 is 1.29 bits per heavy atom. The van der Waals surface area contributed by atoms with Crippen LogP contribution in [-0.2, 0) is 30.5 Å². The van der Waals surface area contributed by atoms with E-state index in [0.717, 1.165) is 29.8 Å². The number of aromatic nitrogens is 2. The molecule has 1 aliphatic rings. The van der Waals surface area contributed by atoms with Gasteiger partial charge in [0.25, 0.3) is 0 Å². The molecule has 0 bridgehead atoms.